The van der Waals surface area contributed by atoms with Gasteiger partial charge < -0.3 is 10.3 Å². The van der Waals surface area contributed by atoms with E-state index in [1.807, 2.05) is 18.9 Å². The number of hydrogen-bond acceptors (Lipinski definition) is 5. The standard InChI is InChI=1S/C10H16N4O2/c1-3-13(2)7-8-6-9(14(15)16)4-5-10(8)12-11/h4-6,12H,3,7,11H2,1-2H3. The third-order valence-electron chi connectivity index (χ3n) is 2.44. The van der Waals surface area contributed by atoms with Gasteiger partial charge in [-0.15, -0.1) is 0 Å². The van der Waals surface area contributed by atoms with Gasteiger partial charge in [0.2, 0.25) is 0 Å². The van der Waals surface area contributed by atoms with Crippen LogP contribution in [0.15, 0.2) is 18.2 Å². The van der Waals surface area contributed by atoms with E-state index < -0.39 is 4.92 Å². The molecule has 0 saturated heterocycles. The van der Waals surface area contributed by atoms with Crippen LogP contribution in [0, 0.1) is 10.1 Å². The molecule has 1 rings (SSSR count). The average molecular weight is 224 g/mol. The average Bonchev–Trinajstić information content (AvgIpc) is 2.28. The van der Waals surface area contributed by atoms with Gasteiger partial charge in [0, 0.05) is 18.7 Å². The molecule has 3 N–H and O–H groups in total. The van der Waals surface area contributed by atoms with Crippen molar-refractivity contribution in [3.63, 3.8) is 0 Å². The summed E-state index contributed by atoms with van der Waals surface area (Å²) in [7, 11) is 1.94. The lowest BCUT2D eigenvalue weighted by molar-refractivity contribution is -0.384. The van der Waals surface area contributed by atoms with Crippen molar-refractivity contribution in [3.8, 4) is 0 Å². The number of nitro benzene ring substituents is 1. The normalized spacial score (nSPS) is 10.5. The fourth-order valence-electron chi connectivity index (χ4n) is 1.37. The summed E-state index contributed by atoms with van der Waals surface area (Å²) in [5, 5.41) is 10.6. The fraction of sp³-hybridized carbons (Fsp3) is 0.400. The Bertz CT molecular complexity index is 381. The minimum Gasteiger partial charge on any atom is -0.324 e. The summed E-state index contributed by atoms with van der Waals surface area (Å²) in [5.41, 5.74) is 4.16. The number of non-ortho nitro benzene ring substituents is 1. The Labute approximate surface area is 94.2 Å². The molecule has 0 spiro atoms. The Morgan fingerprint density at radius 3 is 2.75 bits per heavy atom. The van der Waals surface area contributed by atoms with Crippen LogP contribution < -0.4 is 11.3 Å². The predicted molar refractivity (Wildman–Crippen MR) is 62.9 cm³/mol. The summed E-state index contributed by atoms with van der Waals surface area (Å²) < 4.78 is 0. The topological polar surface area (TPSA) is 84.4 Å². The predicted octanol–water partition coefficient (Wildman–Crippen LogP) is 1.33. The monoisotopic (exact) mass is 224 g/mol. The van der Waals surface area contributed by atoms with Crippen LogP contribution >= 0.6 is 0 Å². The van der Waals surface area contributed by atoms with E-state index in [9.17, 15) is 10.1 Å². The lowest BCUT2D eigenvalue weighted by atomic mass is 10.1. The molecule has 0 aliphatic carbocycles. The summed E-state index contributed by atoms with van der Waals surface area (Å²) in [6.45, 7) is 3.51. The minimum absolute atomic E-state index is 0.0819. The molecule has 88 valence electrons. The van der Waals surface area contributed by atoms with Crippen molar-refractivity contribution in [1.82, 2.24) is 4.90 Å². The van der Waals surface area contributed by atoms with Crippen molar-refractivity contribution in [3.05, 3.63) is 33.9 Å². The summed E-state index contributed by atoms with van der Waals surface area (Å²) in [6.07, 6.45) is 0. The zero-order chi connectivity index (χ0) is 12.1. The van der Waals surface area contributed by atoms with Crippen LogP contribution in [0.2, 0.25) is 0 Å². The second-order valence-corrected chi connectivity index (χ2v) is 3.57. The Kier molecular flexibility index (Phi) is 4.21. The third kappa shape index (κ3) is 2.91. The van der Waals surface area contributed by atoms with Gasteiger partial charge in [0.15, 0.2) is 0 Å². The molecule has 0 aliphatic heterocycles. The molecule has 16 heavy (non-hydrogen) atoms. The molecule has 6 heteroatoms. The molecule has 1 aromatic carbocycles. The van der Waals surface area contributed by atoms with Crippen LogP contribution in [0.4, 0.5) is 11.4 Å². The smallest absolute Gasteiger partial charge is 0.269 e. The first-order valence-corrected chi connectivity index (χ1v) is 5.01. The molecule has 0 saturated carbocycles. The number of hydrazine groups is 1. The van der Waals surface area contributed by atoms with Crippen molar-refractivity contribution in [2.45, 2.75) is 13.5 Å². The SMILES string of the molecule is CCN(C)Cc1cc([N+](=O)[O-])ccc1NN. The van der Waals surface area contributed by atoms with Gasteiger partial charge in [-0.2, -0.15) is 0 Å². The van der Waals surface area contributed by atoms with E-state index in [-0.39, 0.29) is 5.69 Å². The van der Waals surface area contributed by atoms with Gasteiger partial charge in [0.25, 0.3) is 5.69 Å². The van der Waals surface area contributed by atoms with Gasteiger partial charge in [0.05, 0.1) is 10.6 Å². The summed E-state index contributed by atoms with van der Waals surface area (Å²) in [6, 6.07) is 4.60. The number of nitro groups is 1. The number of benzene rings is 1. The van der Waals surface area contributed by atoms with Crippen molar-refractivity contribution in [2.75, 3.05) is 19.0 Å². The first kappa shape index (κ1) is 12.4. The number of nitrogen functional groups attached to an aromatic ring is 1. The van der Waals surface area contributed by atoms with E-state index in [2.05, 4.69) is 5.43 Å². The summed E-state index contributed by atoms with van der Waals surface area (Å²) in [5.74, 6) is 5.36. The Morgan fingerprint density at radius 2 is 2.25 bits per heavy atom. The highest BCUT2D eigenvalue weighted by atomic mass is 16.6. The molecule has 0 aliphatic rings. The van der Waals surface area contributed by atoms with Gasteiger partial charge in [-0.25, -0.2) is 0 Å². The third-order valence-corrected chi connectivity index (χ3v) is 2.44. The second kappa shape index (κ2) is 5.43. The number of nitrogens with zero attached hydrogens (tertiary/aromatic N) is 2. The Balaban J connectivity index is 3.02. The summed E-state index contributed by atoms with van der Waals surface area (Å²) in [4.78, 5) is 12.3. The van der Waals surface area contributed by atoms with E-state index in [1.165, 1.54) is 6.07 Å². The largest absolute Gasteiger partial charge is 0.324 e. The lowest BCUT2D eigenvalue weighted by Crippen LogP contribution is -2.19. The molecule has 0 radical (unpaired) electrons. The molecule has 0 bridgehead atoms. The maximum Gasteiger partial charge on any atom is 0.269 e. The van der Waals surface area contributed by atoms with Crippen molar-refractivity contribution in [2.24, 2.45) is 5.84 Å². The number of nitrogens with two attached hydrogens (primary N) is 1. The molecular formula is C10H16N4O2. The molecule has 6 nitrogen and oxygen atoms in total. The van der Waals surface area contributed by atoms with Crippen molar-refractivity contribution in [1.29, 1.82) is 0 Å². The van der Waals surface area contributed by atoms with E-state index in [0.29, 0.717) is 12.2 Å². The molecule has 0 heterocycles. The molecular weight excluding hydrogens is 208 g/mol. The first-order valence-electron chi connectivity index (χ1n) is 5.01. The van der Waals surface area contributed by atoms with Gasteiger partial charge in [-0.3, -0.25) is 16.0 Å². The number of anilines is 1. The van der Waals surface area contributed by atoms with Crippen LogP contribution in [0.3, 0.4) is 0 Å². The van der Waals surface area contributed by atoms with Crippen molar-refractivity contribution < 1.29 is 4.92 Å². The molecule has 0 unspecified atom stereocenters. The van der Waals surface area contributed by atoms with E-state index >= 15 is 0 Å². The molecule has 0 fully saturated rings. The Hall–Kier alpha value is -1.66. The van der Waals surface area contributed by atoms with Gasteiger partial charge in [-0.1, -0.05) is 6.92 Å². The Morgan fingerprint density at radius 1 is 1.56 bits per heavy atom. The molecule has 1 aromatic rings. The maximum absolute atomic E-state index is 10.6. The van der Waals surface area contributed by atoms with E-state index in [0.717, 1.165) is 12.1 Å². The lowest BCUT2D eigenvalue weighted by Gasteiger charge is -2.16. The summed E-state index contributed by atoms with van der Waals surface area (Å²) >= 11 is 0. The van der Waals surface area contributed by atoms with Crippen LogP contribution in [0.5, 0.6) is 0 Å². The second-order valence-electron chi connectivity index (χ2n) is 3.57. The molecule has 0 aromatic heterocycles. The minimum atomic E-state index is -0.407. The number of hydrogen-bond donors (Lipinski definition) is 2. The van der Waals surface area contributed by atoms with Crippen LogP contribution in [-0.4, -0.2) is 23.4 Å². The number of nitrogens with one attached hydrogen (secondary N) is 1. The number of rotatable bonds is 5. The first-order chi connectivity index (χ1) is 7.58. The van der Waals surface area contributed by atoms with Crippen molar-refractivity contribution >= 4 is 11.4 Å². The molecule has 0 atom stereocenters. The zero-order valence-corrected chi connectivity index (χ0v) is 9.43. The van der Waals surface area contributed by atoms with Crippen LogP contribution in [-0.2, 0) is 6.54 Å². The van der Waals surface area contributed by atoms with E-state index in [4.69, 9.17) is 5.84 Å². The highest BCUT2D eigenvalue weighted by Crippen LogP contribution is 2.22. The fourth-order valence-corrected chi connectivity index (χ4v) is 1.37. The van der Waals surface area contributed by atoms with Gasteiger partial charge in [-0.05, 0) is 25.2 Å². The van der Waals surface area contributed by atoms with Crippen LogP contribution in [0.25, 0.3) is 0 Å². The zero-order valence-electron chi connectivity index (χ0n) is 9.43. The highest BCUT2D eigenvalue weighted by Gasteiger charge is 2.11. The van der Waals surface area contributed by atoms with Gasteiger partial charge in [0.1, 0.15) is 0 Å². The maximum atomic E-state index is 10.6. The van der Waals surface area contributed by atoms with Gasteiger partial charge >= 0.3 is 0 Å². The van der Waals surface area contributed by atoms with E-state index in [1.54, 1.807) is 12.1 Å². The van der Waals surface area contributed by atoms with Crippen LogP contribution in [0.1, 0.15) is 12.5 Å². The highest BCUT2D eigenvalue weighted by molar-refractivity contribution is 5.55. The quantitative estimate of drug-likeness (QED) is 0.448. The molecule has 0 amide bonds.